The number of nitrogens with zero attached hydrogens (tertiary/aromatic N) is 2. The van der Waals surface area contributed by atoms with Crippen LogP contribution in [0.15, 0.2) is 66.0 Å². The molecule has 0 unspecified atom stereocenters. The standard InChI is InChI=1S/C23H27N4O3PS/c1-26(2)19-10-11-21(20(17-19)24-23(28)22-9-6-16-32-22)31(29,27-12-14-30-15-13-27)25-18-7-4-3-5-8-18/h3-11,16-17H,12-15H2,1-2H3,(H,24,28)(H,25,29)/t31-/m0/s1. The summed E-state index contributed by atoms with van der Waals surface area (Å²) in [6.45, 7) is 2.08. The summed E-state index contributed by atoms with van der Waals surface area (Å²) in [5.41, 5.74) is 2.20. The van der Waals surface area contributed by atoms with Crippen LogP contribution in [-0.2, 0) is 9.30 Å². The van der Waals surface area contributed by atoms with Gasteiger partial charge in [-0.2, -0.15) is 0 Å². The van der Waals surface area contributed by atoms with Gasteiger partial charge in [-0.3, -0.25) is 9.36 Å². The van der Waals surface area contributed by atoms with Crippen LogP contribution in [0.2, 0.25) is 0 Å². The summed E-state index contributed by atoms with van der Waals surface area (Å²) in [4.78, 5) is 15.5. The van der Waals surface area contributed by atoms with E-state index in [1.54, 1.807) is 6.07 Å². The molecule has 0 radical (unpaired) electrons. The smallest absolute Gasteiger partial charge is 0.268 e. The van der Waals surface area contributed by atoms with E-state index in [0.29, 0.717) is 42.2 Å². The molecule has 1 saturated heterocycles. The Hall–Kier alpha value is -2.64. The van der Waals surface area contributed by atoms with Gasteiger partial charge in [0.05, 0.1) is 29.1 Å². The normalized spacial score (nSPS) is 16.2. The average molecular weight is 471 g/mol. The molecule has 1 amide bonds. The first-order valence-electron chi connectivity index (χ1n) is 10.4. The van der Waals surface area contributed by atoms with Gasteiger partial charge < -0.3 is 20.0 Å². The van der Waals surface area contributed by atoms with Crippen LogP contribution in [-0.4, -0.2) is 51.0 Å². The molecule has 32 heavy (non-hydrogen) atoms. The highest BCUT2D eigenvalue weighted by Gasteiger charge is 2.36. The number of morpholine rings is 1. The fourth-order valence-electron chi connectivity index (χ4n) is 3.56. The molecule has 1 fully saturated rings. The molecule has 1 aliphatic rings. The second kappa shape index (κ2) is 9.88. The summed E-state index contributed by atoms with van der Waals surface area (Å²) < 4.78 is 22.2. The number of amides is 1. The molecule has 0 aliphatic carbocycles. The zero-order valence-corrected chi connectivity index (χ0v) is 19.9. The summed E-state index contributed by atoms with van der Waals surface area (Å²) in [6.07, 6.45) is 0. The summed E-state index contributed by atoms with van der Waals surface area (Å²) in [7, 11) is 0.552. The van der Waals surface area contributed by atoms with Gasteiger partial charge in [-0.1, -0.05) is 24.3 Å². The fourth-order valence-corrected chi connectivity index (χ4v) is 6.70. The van der Waals surface area contributed by atoms with E-state index in [0.717, 1.165) is 11.4 Å². The van der Waals surface area contributed by atoms with Crippen LogP contribution in [0.1, 0.15) is 9.67 Å². The predicted molar refractivity (Wildman–Crippen MR) is 133 cm³/mol. The van der Waals surface area contributed by atoms with Crippen LogP contribution in [0, 0.1) is 0 Å². The highest BCUT2D eigenvalue weighted by atomic mass is 32.1. The number of para-hydroxylation sites is 1. The average Bonchev–Trinajstić information content (AvgIpc) is 3.35. The largest absolute Gasteiger partial charge is 0.379 e. The van der Waals surface area contributed by atoms with Crippen molar-refractivity contribution in [3.63, 3.8) is 0 Å². The second-order valence-electron chi connectivity index (χ2n) is 7.65. The zero-order chi connectivity index (χ0) is 22.6. The number of hydrogen-bond donors (Lipinski definition) is 2. The zero-order valence-electron chi connectivity index (χ0n) is 18.2. The third kappa shape index (κ3) is 4.89. The molecular weight excluding hydrogens is 443 g/mol. The van der Waals surface area contributed by atoms with Crippen molar-refractivity contribution in [1.82, 2.24) is 4.67 Å². The van der Waals surface area contributed by atoms with E-state index in [4.69, 9.17) is 4.74 Å². The van der Waals surface area contributed by atoms with Crippen molar-refractivity contribution in [3.05, 3.63) is 70.9 Å². The highest BCUT2D eigenvalue weighted by Crippen LogP contribution is 2.50. The number of nitrogens with one attached hydrogen (secondary N) is 2. The molecule has 4 rings (SSSR count). The van der Waals surface area contributed by atoms with Crippen molar-refractivity contribution in [2.45, 2.75) is 0 Å². The number of carbonyl (C=O) groups excluding carboxylic acids is 1. The third-order valence-electron chi connectivity index (χ3n) is 5.26. The van der Waals surface area contributed by atoms with Gasteiger partial charge in [0, 0.05) is 38.6 Å². The Kier molecular flexibility index (Phi) is 6.96. The molecule has 1 aromatic heterocycles. The van der Waals surface area contributed by atoms with E-state index < -0.39 is 7.44 Å². The Morgan fingerprint density at radius 3 is 2.47 bits per heavy atom. The lowest BCUT2D eigenvalue weighted by atomic mass is 10.2. The van der Waals surface area contributed by atoms with E-state index in [1.807, 2.05) is 83.6 Å². The van der Waals surface area contributed by atoms with Crippen LogP contribution in [0.3, 0.4) is 0 Å². The number of ether oxygens (including phenoxy) is 1. The van der Waals surface area contributed by atoms with Crippen molar-refractivity contribution < 1.29 is 14.1 Å². The number of carbonyl (C=O) groups is 1. The Morgan fingerprint density at radius 1 is 1.06 bits per heavy atom. The van der Waals surface area contributed by atoms with E-state index >= 15 is 0 Å². The van der Waals surface area contributed by atoms with Crippen LogP contribution >= 0.6 is 18.8 Å². The number of hydrogen-bond acceptors (Lipinski definition) is 5. The third-order valence-corrected chi connectivity index (χ3v) is 8.93. The van der Waals surface area contributed by atoms with Crippen molar-refractivity contribution >= 4 is 47.1 Å². The molecule has 0 spiro atoms. The van der Waals surface area contributed by atoms with Gasteiger partial charge in [0.15, 0.2) is 0 Å². The number of rotatable bonds is 7. The number of benzene rings is 2. The number of thiophene rings is 1. The van der Waals surface area contributed by atoms with Crippen molar-refractivity contribution in [2.24, 2.45) is 0 Å². The molecule has 7 nitrogen and oxygen atoms in total. The summed E-state index contributed by atoms with van der Waals surface area (Å²) in [6, 6.07) is 18.8. The Balaban J connectivity index is 1.79. The monoisotopic (exact) mass is 470 g/mol. The van der Waals surface area contributed by atoms with Gasteiger partial charge in [-0.05, 0) is 41.8 Å². The summed E-state index contributed by atoms with van der Waals surface area (Å²) in [5.74, 6) is -0.217. The summed E-state index contributed by atoms with van der Waals surface area (Å²) in [5, 5.41) is 8.75. The number of anilines is 3. The maximum Gasteiger partial charge on any atom is 0.268 e. The minimum atomic E-state index is -3.32. The lowest BCUT2D eigenvalue weighted by Crippen LogP contribution is -2.39. The Bertz CT molecular complexity index is 1100. The molecule has 168 valence electrons. The molecule has 2 aromatic carbocycles. The van der Waals surface area contributed by atoms with Crippen molar-refractivity contribution in [1.29, 1.82) is 0 Å². The highest BCUT2D eigenvalue weighted by molar-refractivity contribution is 7.71. The summed E-state index contributed by atoms with van der Waals surface area (Å²) >= 11 is 1.37. The molecule has 3 aromatic rings. The van der Waals surface area contributed by atoms with Crippen molar-refractivity contribution in [2.75, 3.05) is 55.7 Å². The first-order chi connectivity index (χ1) is 15.5. The topological polar surface area (TPSA) is 73.9 Å². The lowest BCUT2D eigenvalue weighted by Gasteiger charge is -2.36. The van der Waals surface area contributed by atoms with Gasteiger partial charge in [-0.15, -0.1) is 11.3 Å². The fraction of sp³-hybridized carbons (Fsp3) is 0.261. The van der Waals surface area contributed by atoms with Crippen LogP contribution in [0.4, 0.5) is 17.1 Å². The molecular formula is C23H27N4O3PS. The van der Waals surface area contributed by atoms with E-state index in [1.165, 1.54) is 11.3 Å². The second-order valence-corrected chi connectivity index (χ2v) is 11.0. The van der Waals surface area contributed by atoms with E-state index in [-0.39, 0.29) is 5.91 Å². The van der Waals surface area contributed by atoms with Crippen LogP contribution in [0.25, 0.3) is 0 Å². The SMILES string of the molecule is CN(C)c1ccc([P@](=O)(Nc2ccccc2)N2CCOCC2)c(NC(=O)c2cccs2)c1. The molecule has 1 aliphatic heterocycles. The van der Waals surface area contributed by atoms with Gasteiger partial charge >= 0.3 is 0 Å². The van der Waals surface area contributed by atoms with Gasteiger partial charge in [-0.25, -0.2) is 4.67 Å². The predicted octanol–water partition coefficient (Wildman–Crippen LogP) is 4.33. The quantitative estimate of drug-likeness (QED) is 0.501. The molecule has 1 atom stereocenters. The van der Waals surface area contributed by atoms with Crippen LogP contribution in [0.5, 0.6) is 0 Å². The van der Waals surface area contributed by atoms with Crippen LogP contribution < -0.4 is 20.6 Å². The van der Waals surface area contributed by atoms with Gasteiger partial charge in [0.1, 0.15) is 0 Å². The first-order valence-corrected chi connectivity index (χ1v) is 12.9. The van der Waals surface area contributed by atoms with Crippen molar-refractivity contribution in [3.8, 4) is 0 Å². The Morgan fingerprint density at radius 2 is 1.81 bits per heavy atom. The molecule has 0 saturated carbocycles. The molecule has 2 N–H and O–H groups in total. The Labute approximate surface area is 192 Å². The van der Waals surface area contributed by atoms with E-state index in [9.17, 15) is 9.36 Å². The van der Waals surface area contributed by atoms with Gasteiger partial charge in [0.25, 0.3) is 13.4 Å². The minimum absolute atomic E-state index is 0.217. The molecule has 0 bridgehead atoms. The first kappa shape index (κ1) is 22.6. The maximum atomic E-state index is 14.7. The van der Waals surface area contributed by atoms with Gasteiger partial charge in [0.2, 0.25) is 0 Å². The lowest BCUT2D eigenvalue weighted by molar-refractivity contribution is 0.0729. The molecule has 9 heteroatoms. The minimum Gasteiger partial charge on any atom is -0.379 e. The maximum absolute atomic E-state index is 14.7. The molecule has 2 heterocycles. The van der Waals surface area contributed by atoms with E-state index in [2.05, 4.69) is 10.4 Å².